The van der Waals surface area contributed by atoms with Crippen LogP contribution in [0.5, 0.6) is 0 Å². The van der Waals surface area contributed by atoms with Crippen LogP contribution in [0.4, 0.5) is 0 Å². The van der Waals surface area contributed by atoms with Crippen LogP contribution in [-0.2, 0) is 18.4 Å². The van der Waals surface area contributed by atoms with Gasteiger partial charge in [-0.25, -0.2) is 4.98 Å². The van der Waals surface area contributed by atoms with E-state index in [1.807, 2.05) is 13.1 Å². The van der Waals surface area contributed by atoms with E-state index in [1.54, 1.807) is 18.0 Å². The van der Waals surface area contributed by atoms with E-state index in [1.165, 1.54) is 0 Å². The van der Waals surface area contributed by atoms with Gasteiger partial charge in [-0.2, -0.15) is 5.10 Å². The second-order valence-electron chi connectivity index (χ2n) is 3.03. The normalized spacial score (nSPS) is 11.1. The van der Waals surface area contributed by atoms with Crippen LogP contribution in [0.15, 0.2) is 16.7 Å². The van der Waals surface area contributed by atoms with Crippen LogP contribution < -0.4 is 0 Å². The molecule has 0 aromatic carbocycles. The molecule has 0 fully saturated rings. The second kappa shape index (κ2) is 3.67. The molecule has 0 atom stereocenters. The van der Waals surface area contributed by atoms with Gasteiger partial charge in [0.25, 0.3) is 0 Å². The summed E-state index contributed by atoms with van der Waals surface area (Å²) < 4.78 is 7.86. The highest BCUT2D eigenvalue weighted by molar-refractivity contribution is 9.10. The fourth-order valence-corrected chi connectivity index (χ4v) is 1.74. The van der Waals surface area contributed by atoms with Gasteiger partial charge in [0.15, 0.2) is 5.65 Å². The number of aromatic nitrogens is 3. The molecule has 5 heteroatoms. The van der Waals surface area contributed by atoms with Crippen molar-refractivity contribution < 1.29 is 4.74 Å². The summed E-state index contributed by atoms with van der Waals surface area (Å²) >= 11 is 3.39. The number of hydrogen-bond donors (Lipinski definition) is 0. The standard InChI is InChI=1S/C9H10BrN3O/c1-13-8(5-14-2)7-3-6(10)4-11-9(7)12-13/h3-4H,5H2,1-2H3. The molecule has 0 radical (unpaired) electrons. The van der Waals surface area contributed by atoms with Crippen LogP contribution in [0, 0.1) is 0 Å². The number of methoxy groups -OCH3 is 1. The lowest BCUT2D eigenvalue weighted by atomic mass is 10.3. The minimum absolute atomic E-state index is 0.547. The highest BCUT2D eigenvalue weighted by Crippen LogP contribution is 2.20. The average molecular weight is 256 g/mol. The summed E-state index contributed by atoms with van der Waals surface area (Å²) in [5.74, 6) is 0. The van der Waals surface area contributed by atoms with Crippen molar-refractivity contribution in [3.05, 3.63) is 22.4 Å². The highest BCUT2D eigenvalue weighted by Gasteiger charge is 2.09. The molecule has 0 aliphatic rings. The van der Waals surface area contributed by atoms with Crippen LogP contribution in [-0.4, -0.2) is 21.9 Å². The van der Waals surface area contributed by atoms with E-state index in [4.69, 9.17) is 4.74 Å². The fourth-order valence-electron chi connectivity index (χ4n) is 1.41. The van der Waals surface area contributed by atoms with Gasteiger partial charge >= 0.3 is 0 Å². The molecule has 0 amide bonds. The van der Waals surface area contributed by atoms with Gasteiger partial charge < -0.3 is 4.74 Å². The summed E-state index contributed by atoms with van der Waals surface area (Å²) in [6.07, 6.45) is 1.74. The Kier molecular flexibility index (Phi) is 2.52. The molecule has 0 unspecified atom stereocenters. The van der Waals surface area contributed by atoms with Gasteiger partial charge in [-0.15, -0.1) is 0 Å². The summed E-state index contributed by atoms with van der Waals surface area (Å²) in [6.45, 7) is 0.547. The van der Waals surface area contributed by atoms with Gasteiger partial charge in [-0.3, -0.25) is 4.68 Å². The van der Waals surface area contributed by atoms with Crippen LogP contribution in [0.3, 0.4) is 0 Å². The van der Waals surface area contributed by atoms with Gasteiger partial charge in [-0.1, -0.05) is 0 Å². The van der Waals surface area contributed by atoms with Crippen molar-refractivity contribution in [2.75, 3.05) is 7.11 Å². The summed E-state index contributed by atoms with van der Waals surface area (Å²) in [5, 5.41) is 5.31. The molecular formula is C9H10BrN3O. The van der Waals surface area contributed by atoms with Crippen molar-refractivity contribution in [1.82, 2.24) is 14.8 Å². The summed E-state index contributed by atoms with van der Waals surface area (Å²) in [4.78, 5) is 4.21. The van der Waals surface area contributed by atoms with E-state index < -0.39 is 0 Å². The molecule has 2 aromatic rings. The Labute approximate surface area is 90.0 Å². The molecule has 0 spiro atoms. The smallest absolute Gasteiger partial charge is 0.181 e. The fraction of sp³-hybridized carbons (Fsp3) is 0.333. The third kappa shape index (κ3) is 1.53. The van der Waals surface area contributed by atoms with Crippen molar-refractivity contribution in [3.8, 4) is 0 Å². The minimum Gasteiger partial charge on any atom is -0.378 e. The molecule has 0 bridgehead atoms. The lowest BCUT2D eigenvalue weighted by Gasteiger charge is -1.99. The molecule has 2 rings (SSSR count). The van der Waals surface area contributed by atoms with E-state index in [-0.39, 0.29) is 0 Å². The zero-order chi connectivity index (χ0) is 10.1. The second-order valence-corrected chi connectivity index (χ2v) is 3.94. The zero-order valence-electron chi connectivity index (χ0n) is 7.99. The Balaban J connectivity index is 2.66. The number of aryl methyl sites for hydroxylation is 1. The number of rotatable bonds is 2. The monoisotopic (exact) mass is 255 g/mol. The predicted molar refractivity (Wildman–Crippen MR) is 56.9 cm³/mol. The topological polar surface area (TPSA) is 39.9 Å². The summed E-state index contributed by atoms with van der Waals surface area (Å²) in [6, 6.07) is 2.00. The Bertz CT molecular complexity index is 466. The van der Waals surface area contributed by atoms with Gasteiger partial charge in [-0.05, 0) is 22.0 Å². The van der Waals surface area contributed by atoms with Crippen molar-refractivity contribution in [2.45, 2.75) is 6.61 Å². The van der Waals surface area contributed by atoms with E-state index in [0.717, 1.165) is 21.2 Å². The molecule has 0 saturated heterocycles. The largest absolute Gasteiger partial charge is 0.378 e. The average Bonchev–Trinajstić information content (AvgIpc) is 2.45. The predicted octanol–water partition coefficient (Wildman–Crippen LogP) is 1.88. The van der Waals surface area contributed by atoms with E-state index in [2.05, 4.69) is 26.0 Å². The van der Waals surface area contributed by atoms with Crippen molar-refractivity contribution in [3.63, 3.8) is 0 Å². The molecule has 0 N–H and O–H groups in total. The van der Waals surface area contributed by atoms with E-state index in [0.29, 0.717) is 6.61 Å². The third-order valence-electron chi connectivity index (χ3n) is 2.06. The number of fused-ring (bicyclic) bond motifs is 1. The molecule has 74 valence electrons. The lowest BCUT2D eigenvalue weighted by molar-refractivity contribution is 0.179. The van der Waals surface area contributed by atoms with Crippen LogP contribution in [0.1, 0.15) is 5.69 Å². The first-order valence-corrected chi connectivity index (χ1v) is 4.97. The zero-order valence-corrected chi connectivity index (χ0v) is 9.58. The number of hydrogen-bond acceptors (Lipinski definition) is 3. The third-order valence-corrected chi connectivity index (χ3v) is 2.49. The van der Waals surface area contributed by atoms with E-state index in [9.17, 15) is 0 Å². The Hall–Kier alpha value is -0.940. The number of ether oxygens (including phenoxy) is 1. The van der Waals surface area contributed by atoms with Gasteiger partial charge in [0.2, 0.25) is 0 Å². The summed E-state index contributed by atoms with van der Waals surface area (Å²) in [7, 11) is 3.56. The maximum atomic E-state index is 5.11. The van der Waals surface area contributed by atoms with E-state index >= 15 is 0 Å². The maximum Gasteiger partial charge on any atom is 0.181 e. The highest BCUT2D eigenvalue weighted by atomic mass is 79.9. The molecule has 2 heterocycles. The molecule has 2 aromatic heterocycles. The number of nitrogens with zero attached hydrogens (tertiary/aromatic N) is 3. The first-order valence-electron chi connectivity index (χ1n) is 4.18. The van der Waals surface area contributed by atoms with Crippen LogP contribution in [0.25, 0.3) is 11.0 Å². The first-order chi connectivity index (χ1) is 6.72. The quantitative estimate of drug-likeness (QED) is 0.823. The van der Waals surface area contributed by atoms with Crippen LogP contribution in [0.2, 0.25) is 0 Å². The lowest BCUT2D eigenvalue weighted by Crippen LogP contribution is -1.99. The molecule has 14 heavy (non-hydrogen) atoms. The van der Waals surface area contributed by atoms with Gasteiger partial charge in [0, 0.05) is 30.2 Å². The summed E-state index contributed by atoms with van der Waals surface area (Å²) in [5.41, 5.74) is 1.79. The molecule has 0 aliphatic carbocycles. The SMILES string of the molecule is COCc1c2cc(Br)cnc2nn1C. The number of pyridine rings is 1. The van der Waals surface area contributed by atoms with Crippen molar-refractivity contribution in [2.24, 2.45) is 7.05 Å². The van der Waals surface area contributed by atoms with Gasteiger partial charge in [0.05, 0.1) is 12.3 Å². The molecule has 0 aliphatic heterocycles. The van der Waals surface area contributed by atoms with Crippen molar-refractivity contribution >= 4 is 27.0 Å². The van der Waals surface area contributed by atoms with Crippen LogP contribution >= 0.6 is 15.9 Å². The Morgan fingerprint density at radius 3 is 3.07 bits per heavy atom. The minimum atomic E-state index is 0.547. The molecular weight excluding hydrogens is 246 g/mol. The first kappa shape index (κ1) is 9.61. The molecule has 0 saturated carbocycles. The number of halogens is 1. The van der Waals surface area contributed by atoms with Crippen molar-refractivity contribution in [1.29, 1.82) is 0 Å². The Morgan fingerprint density at radius 2 is 2.36 bits per heavy atom. The maximum absolute atomic E-state index is 5.11. The molecule has 4 nitrogen and oxygen atoms in total. The van der Waals surface area contributed by atoms with Gasteiger partial charge in [0.1, 0.15) is 0 Å². The Morgan fingerprint density at radius 1 is 1.57 bits per heavy atom.